The zero-order valence-corrected chi connectivity index (χ0v) is 22.7. The Morgan fingerprint density at radius 2 is 1.17 bits per heavy atom. The van der Waals surface area contributed by atoms with Gasteiger partial charge in [-0.05, 0) is 59.0 Å². The van der Waals surface area contributed by atoms with E-state index in [0.717, 1.165) is 22.3 Å². The third-order valence-electron chi connectivity index (χ3n) is 6.94. The van der Waals surface area contributed by atoms with E-state index in [9.17, 15) is 15.0 Å². The van der Waals surface area contributed by atoms with Crippen LogP contribution in [0.15, 0.2) is 131 Å². The number of benzene rings is 5. The van der Waals surface area contributed by atoms with Crippen LogP contribution in [0.3, 0.4) is 0 Å². The first-order valence-electron chi connectivity index (χ1n) is 13.6. The summed E-state index contributed by atoms with van der Waals surface area (Å²) in [7, 11) is 0. The molecule has 1 aromatic heterocycles. The molecule has 5 aromatic carbocycles. The van der Waals surface area contributed by atoms with Gasteiger partial charge in [0.2, 0.25) is 11.2 Å². The Kier molecular flexibility index (Phi) is 7.60. The van der Waals surface area contributed by atoms with Gasteiger partial charge in [0.1, 0.15) is 29.9 Å². The molecule has 208 valence electrons. The van der Waals surface area contributed by atoms with E-state index >= 15 is 0 Å². The molecule has 42 heavy (non-hydrogen) atoms. The average Bonchev–Trinajstić information content (AvgIpc) is 3.02. The zero-order valence-electron chi connectivity index (χ0n) is 22.7. The van der Waals surface area contributed by atoms with E-state index in [1.807, 2.05) is 91.0 Å². The topological polar surface area (TPSA) is 89.1 Å². The third-order valence-corrected chi connectivity index (χ3v) is 6.94. The highest BCUT2D eigenvalue weighted by molar-refractivity contribution is 5.87. The molecule has 0 amide bonds. The van der Waals surface area contributed by atoms with E-state index in [0.29, 0.717) is 30.1 Å². The molecule has 6 aromatic rings. The Labute approximate surface area is 242 Å². The summed E-state index contributed by atoms with van der Waals surface area (Å²) in [4.78, 5) is 13.2. The van der Waals surface area contributed by atoms with Crippen LogP contribution in [0, 0.1) is 0 Å². The predicted octanol–water partition coefficient (Wildman–Crippen LogP) is 7.62. The number of phenols is 1. The van der Waals surface area contributed by atoms with Crippen LogP contribution in [0.1, 0.15) is 22.3 Å². The number of rotatable bonds is 9. The fourth-order valence-electron chi connectivity index (χ4n) is 4.83. The summed E-state index contributed by atoms with van der Waals surface area (Å²) in [5.74, 6) is 0.0631. The fraction of sp³-hybridized carbons (Fsp3) is 0.0833. The Morgan fingerprint density at radius 1 is 0.595 bits per heavy atom. The maximum absolute atomic E-state index is 13.2. The van der Waals surface area contributed by atoms with Crippen molar-refractivity contribution in [3.8, 4) is 34.3 Å². The summed E-state index contributed by atoms with van der Waals surface area (Å²) >= 11 is 0. The number of fused-ring (bicyclic) bond motifs is 1. The number of hydrogen-bond acceptors (Lipinski definition) is 6. The van der Waals surface area contributed by atoms with Crippen LogP contribution in [0.4, 0.5) is 0 Å². The lowest BCUT2D eigenvalue weighted by molar-refractivity contribution is 0.256. The van der Waals surface area contributed by atoms with E-state index in [1.165, 1.54) is 6.07 Å². The number of phenolic OH excluding ortho intramolecular Hbond substituents is 1. The Morgan fingerprint density at radius 3 is 1.79 bits per heavy atom. The highest BCUT2D eigenvalue weighted by Gasteiger charge is 2.20. The Hall–Kier alpha value is -5.49. The van der Waals surface area contributed by atoms with Crippen LogP contribution in [-0.4, -0.2) is 10.2 Å². The van der Waals surface area contributed by atoms with Crippen molar-refractivity contribution in [1.82, 2.24) is 0 Å². The molecule has 6 nitrogen and oxygen atoms in total. The van der Waals surface area contributed by atoms with Crippen LogP contribution in [0.5, 0.6) is 23.0 Å². The molecule has 0 spiro atoms. The van der Waals surface area contributed by atoms with Gasteiger partial charge in [-0.2, -0.15) is 0 Å². The molecule has 0 fully saturated rings. The molecule has 0 aliphatic heterocycles. The van der Waals surface area contributed by atoms with Gasteiger partial charge in [-0.3, -0.25) is 4.79 Å². The summed E-state index contributed by atoms with van der Waals surface area (Å²) in [5, 5.41) is 21.5. The number of hydrogen-bond donors (Lipinski definition) is 2. The van der Waals surface area contributed by atoms with Gasteiger partial charge in [0.25, 0.3) is 0 Å². The second kappa shape index (κ2) is 11.9. The quantitative estimate of drug-likeness (QED) is 0.190. The molecule has 6 heteroatoms. The molecule has 1 heterocycles. The fourth-order valence-corrected chi connectivity index (χ4v) is 4.83. The number of aromatic hydroxyl groups is 2. The van der Waals surface area contributed by atoms with E-state index in [2.05, 4.69) is 0 Å². The monoisotopic (exact) mass is 556 g/mol. The minimum absolute atomic E-state index is 0.0251. The second-order valence-corrected chi connectivity index (χ2v) is 9.97. The molecule has 6 rings (SSSR count). The smallest absolute Gasteiger partial charge is 0.238 e. The molecular formula is C36H28O6. The molecule has 0 radical (unpaired) electrons. The first-order chi connectivity index (χ1) is 20.5. The normalized spacial score (nSPS) is 11.0. The standard InChI is InChI=1S/C36H28O6/c37-29-19-27(18-24-10-4-1-5-11-24)20-32-33(29)34(38)35(39)36(42-32)28-16-17-30(40-22-25-12-6-2-7-13-25)31(21-28)41-23-26-14-8-3-9-15-26/h1-17,19-21,37,39H,18,22-23H2. The molecular weight excluding hydrogens is 528 g/mol. The van der Waals surface area contributed by atoms with Crippen LogP contribution < -0.4 is 14.9 Å². The minimum atomic E-state index is -0.717. The van der Waals surface area contributed by atoms with Crippen LogP contribution in [0.2, 0.25) is 0 Å². The van der Waals surface area contributed by atoms with Crippen LogP contribution >= 0.6 is 0 Å². The van der Waals surface area contributed by atoms with Gasteiger partial charge < -0.3 is 24.1 Å². The van der Waals surface area contributed by atoms with Gasteiger partial charge in [-0.25, -0.2) is 0 Å². The lowest BCUT2D eigenvalue weighted by Crippen LogP contribution is -2.04. The van der Waals surface area contributed by atoms with Crippen LogP contribution in [-0.2, 0) is 19.6 Å². The van der Waals surface area contributed by atoms with Crippen molar-refractivity contribution in [2.45, 2.75) is 19.6 Å². The van der Waals surface area contributed by atoms with E-state index < -0.39 is 11.2 Å². The first kappa shape index (κ1) is 26.7. The summed E-state index contributed by atoms with van der Waals surface area (Å²) in [6, 6.07) is 37.7. The molecule has 0 aliphatic rings. The van der Waals surface area contributed by atoms with Gasteiger partial charge in [0, 0.05) is 5.56 Å². The minimum Gasteiger partial charge on any atom is -0.507 e. The lowest BCUT2D eigenvalue weighted by atomic mass is 10.0. The van der Waals surface area contributed by atoms with Gasteiger partial charge in [-0.1, -0.05) is 91.0 Å². The van der Waals surface area contributed by atoms with E-state index in [1.54, 1.807) is 24.3 Å². The number of ether oxygens (including phenoxy) is 2. The predicted molar refractivity (Wildman–Crippen MR) is 162 cm³/mol. The van der Waals surface area contributed by atoms with Gasteiger partial charge in [0.05, 0.1) is 0 Å². The Balaban J connectivity index is 1.38. The van der Waals surface area contributed by atoms with Gasteiger partial charge in [0.15, 0.2) is 17.3 Å². The van der Waals surface area contributed by atoms with Crippen molar-refractivity contribution in [3.05, 3.63) is 154 Å². The van der Waals surface area contributed by atoms with Crippen molar-refractivity contribution in [2.24, 2.45) is 0 Å². The molecule has 0 aliphatic carbocycles. The first-order valence-corrected chi connectivity index (χ1v) is 13.6. The van der Waals surface area contributed by atoms with E-state index in [-0.39, 0.29) is 29.1 Å². The largest absolute Gasteiger partial charge is 0.507 e. The molecule has 2 N–H and O–H groups in total. The summed E-state index contributed by atoms with van der Waals surface area (Å²) in [6.45, 7) is 0.623. The summed E-state index contributed by atoms with van der Waals surface area (Å²) < 4.78 is 18.4. The van der Waals surface area contributed by atoms with Gasteiger partial charge in [-0.15, -0.1) is 0 Å². The summed E-state index contributed by atoms with van der Waals surface area (Å²) in [5.41, 5.74) is 3.67. The highest BCUT2D eigenvalue weighted by Crippen LogP contribution is 2.38. The van der Waals surface area contributed by atoms with Gasteiger partial charge >= 0.3 is 0 Å². The lowest BCUT2D eigenvalue weighted by Gasteiger charge is -2.15. The van der Waals surface area contributed by atoms with Crippen molar-refractivity contribution in [2.75, 3.05) is 0 Å². The SMILES string of the molecule is O=c1c(O)c(-c2ccc(OCc3ccccc3)c(OCc3ccccc3)c2)oc2cc(Cc3ccccc3)cc(O)c12. The molecule has 0 unspecified atom stereocenters. The molecule has 0 atom stereocenters. The van der Waals surface area contributed by atoms with E-state index in [4.69, 9.17) is 13.9 Å². The molecule has 0 saturated heterocycles. The Bertz CT molecular complexity index is 1880. The van der Waals surface area contributed by atoms with Crippen molar-refractivity contribution >= 4 is 11.0 Å². The molecule has 0 bridgehead atoms. The highest BCUT2D eigenvalue weighted by atomic mass is 16.5. The zero-order chi connectivity index (χ0) is 28.9. The van der Waals surface area contributed by atoms with Crippen molar-refractivity contribution in [3.63, 3.8) is 0 Å². The maximum Gasteiger partial charge on any atom is 0.238 e. The van der Waals surface area contributed by atoms with Crippen LogP contribution in [0.25, 0.3) is 22.3 Å². The maximum atomic E-state index is 13.2. The second-order valence-electron chi connectivity index (χ2n) is 9.97. The average molecular weight is 557 g/mol. The third kappa shape index (κ3) is 5.83. The summed E-state index contributed by atoms with van der Waals surface area (Å²) in [6.07, 6.45) is 0.537. The van der Waals surface area contributed by atoms with Crippen molar-refractivity contribution < 1.29 is 24.1 Å². The van der Waals surface area contributed by atoms with Crippen molar-refractivity contribution in [1.29, 1.82) is 0 Å². The molecule has 0 saturated carbocycles.